The van der Waals surface area contributed by atoms with Gasteiger partial charge in [-0.25, -0.2) is 0 Å². The molecule has 21 heavy (non-hydrogen) atoms. The van der Waals surface area contributed by atoms with Gasteiger partial charge in [0.2, 0.25) is 5.91 Å². The zero-order chi connectivity index (χ0) is 15.2. The Morgan fingerprint density at radius 3 is 2.62 bits per heavy atom. The number of carbonyl (C=O) groups excluding carboxylic acids is 1. The molecular formula is C16H27NO4. The number of carbonyl (C=O) groups is 2. The number of hydrogen-bond donors (Lipinski definition) is 1. The van der Waals surface area contributed by atoms with E-state index in [2.05, 4.69) is 0 Å². The van der Waals surface area contributed by atoms with Crippen molar-refractivity contribution < 1.29 is 19.4 Å². The lowest BCUT2D eigenvalue weighted by Crippen LogP contribution is -2.49. The van der Waals surface area contributed by atoms with Crippen molar-refractivity contribution in [2.75, 3.05) is 19.8 Å². The van der Waals surface area contributed by atoms with Crippen LogP contribution in [-0.2, 0) is 14.3 Å². The van der Waals surface area contributed by atoms with E-state index in [1.165, 1.54) is 0 Å². The van der Waals surface area contributed by atoms with Crippen LogP contribution in [0.4, 0.5) is 0 Å². The summed E-state index contributed by atoms with van der Waals surface area (Å²) in [6.07, 6.45) is 6.23. The minimum absolute atomic E-state index is 0.125. The molecule has 2 rings (SSSR count). The fourth-order valence-electron chi connectivity index (χ4n) is 3.55. The van der Waals surface area contributed by atoms with Gasteiger partial charge in [0, 0.05) is 32.2 Å². The molecule has 0 aliphatic carbocycles. The van der Waals surface area contributed by atoms with Gasteiger partial charge in [0.05, 0.1) is 5.92 Å². The van der Waals surface area contributed by atoms with Crippen LogP contribution in [0.15, 0.2) is 0 Å². The first-order valence-corrected chi connectivity index (χ1v) is 8.19. The molecule has 5 nitrogen and oxygen atoms in total. The van der Waals surface area contributed by atoms with Crippen molar-refractivity contribution in [3.8, 4) is 0 Å². The Morgan fingerprint density at radius 2 is 1.95 bits per heavy atom. The first-order chi connectivity index (χ1) is 10.1. The van der Waals surface area contributed by atoms with Gasteiger partial charge in [0.15, 0.2) is 0 Å². The number of carboxylic acid groups (broad SMARTS) is 1. The molecule has 0 aromatic carbocycles. The Labute approximate surface area is 126 Å². The van der Waals surface area contributed by atoms with E-state index in [1.54, 1.807) is 4.90 Å². The molecule has 2 aliphatic heterocycles. The Kier molecular flexibility index (Phi) is 6.03. The standard InChI is InChI=1S/C16H27NO4/c1-12-14(16(19)20)5-3-9-17(12)15(18)6-2-4-13-7-10-21-11-8-13/h12-14H,2-11H2,1H3,(H,19,20)/t12-,14-/m1/s1. The van der Waals surface area contributed by atoms with Crippen molar-refractivity contribution in [1.82, 2.24) is 4.90 Å². The van der Waals surface area contributed by atoms with Gasteiger partial charge in [-0.2, -0.15) is 0 Å². The van der Waals surface area contributed by atoms with Crippen LogP contribution in [0.2, 0.25) is 0 Å². The first-order valence-electron chi connectivity index (χ1n) is 8.19. The topological polar surface area (TPSA) is 66.8 Å². The van der Waals surface area contributed by atoms with Gasteiger partial charge in [-0.1, -0.05) is 0 Å². The third kappa shape index (κ3) is 4.43. The van der Waals surface area contributed by atoms with E-state index in [4.69, 9.17) is 4.74 Å². The van der Waals surface area contributed by atoms with Gasteiger partial charge in [0.25, 0.3) is 0 Å². The molecule has 1 amide bonds. The van der Waals surface area contributed by atoms with E-state index in [-0.39, 0.29) is 11.9 Å². The molecule has 2 atom stereocenters. The van der Waals surface area contributed by atoms with Gasteiger partial charge < -0.3 is 14.7 Å². The highest BCUT2D eigenvalue weighted by Crippen LogP contribution is 2.26. The monoisotopic (exact) mass is 297 g/mol. The zero-order valence-electron chi connectivity index (χ0n) is 12.9. The molecule has 0 radical (unpaired) electrons. The average Bonchev–Trinajstić information content (AvgIpc) is 2.48. The Bertz CT molecular complexity index is 365. The van der Waals surface area contributed by atoms with E-state index >= 15 is 0 Å². The summed E-state index contributed by atoms with van der Waals surface area (Å²) in [5, 5.41) is 9.20. The number of nitrogens with zero attached hydrogens (tertiary/aromatic N) is 1. The average molecular weight is 297 g/mol. The predicted molar refractivity (Wildman–Crippen MR) is 78.9 cm³/mol. The summed E-state index contributed by atoms with van der Waals surface area (Å²) in [6, 6.07) is -0.174. The van der Waals surface area contributed by atoms with Crippen LogP contribution in [-0.4, -0.2) is 47.7 Å². The third-order valence-corrected chi connectivity index (χ3v) is 4.97. The van der Waals surface area contributed by atoms with Crippen LogP contribution in [0.1, 0.15) is 51.9 Å². The number of likely N-dealkylation sites (tertiary alicyclic amines) is 1. The lowest BCUT2D eigenvalue weighted by atomic mass is 9.89. The fraction of sp³-hybridized carbons (Fsp3) is 0.875. The van der Waals surface area contributed by atoms with Crippen molar-refractivity contribution in [2.24, 2.45) is 11.8 Å². The molecule has 0 saturated carbocycles. The van der Waals surface area contributed by atoms with Crippen molar-refractivity contribution in [2.45, 2.75) is 57.9 Å². The van der Waals surface area contributed by atoms with Crippen molar-refractivity contribution >= 4 is 11.9 Å². The Balaban J connectivity index is 1.75. The Hall–Kier alpha value is -1.10. The van der Waals surface area contributed by atoms with Crippen molar-refractivity contribution in [3.63, 3.8) is 0 Å². The van der Waals surface area contributed by atoms with E-state index < -0.39 is 11.9 Å². The molecule has 1 N–H and O–H groups in total. The summed E-state index contributed by atoms with van der Waals surface area (Å²) < 4.78 is 5.34. The maximum atomic E-state index is 12.3. The summed E-state index contributed by atoms with van der Waals surface area (Å²) in [5.41, 5.74) is 0. The molecule has 2 heterocycles. The highest BCUT2D eigenvalue weighted by Gasteiger charge is 2.34. The summed E-state index contributed by atoms with van der Waals surface area (Å²) in [6.45, 7) is 4.28. The Morgan fingerprint density at radius 1 is 1.24 bits per heavy atom. The molecule has 0 aromatic rings. The summed E-state index contributed by atoms with van der Waals surface area (Å²) >= 11 is 0. The van der Waals surface area contributed by atoms with Crippen molar-refractivity contribution in [1.29, 1.82) is 0 Å². The molecule has 0 spiro atoms. The fourth-order valence-corrected chi connectivity index (χ4v) is 3.55. The minimum atomic E-state index is -0.776. The van der Waals surface area contributed by atoms with Gasteiger partial charge in [-0.15, -0.1) is 0 Å². The summed E-state index contributed by atoms with van der Waals surface area (Å²) in [5.74, 6) is -0.363. The highest BCUT2D eigenvalue weighted by atomic mass is 16.5. The first kappa shape index (κ1) is 16.3. The maximum Gasteiger partial charge on any atom is 0.308 e. The largest absolute Gasteiger partial charge is 0.481 e. The molecule has 2 saturated heterocycles. The van der Waals surface area contributed by atoms with Gasteiger partial charge in [-0.05, 0) is 51.4 Å². The van der Waals surface area contributed by atoms with Crippen LogP contribution in [0, 0.1) is 11.8 Å². The van der Waals surface area contributed by atoms with Gasteiger partial charge >= 0.3 is 5.97 Å². The van der Waals surface area contributed by atoms with Crippen LogP contribution in [0.25, 0.3) is 0 Å². The number of amides is 1. The number of carboxylic acids is 1. The smallest absolute Gasteiger partial charge is 0.308 e. The number of rotatable bonds is 5. The highest BCUT2D eigenvalue weighted by molar-refractivity contribution is 5.78. The molecule has 2 fully saturated rings. The maximum absolute atomic E-state index is 12.3. The quantitative estimate of drug-likeness (QED) is 0.845. The molecule has 5 heteroatoms. The van der Waals surface area contributed by atoms with Crippen LogP contribution >= 0.6 is 0 Å². The molecule has 0 aromatic heterocycles. The molecule has 120 valence electrons. The number of aliphatic carboxylic acids is 1. The lowest BCUT2D eigenvalue weighted by Gasteiger charge is -2.37. The van der Waals surface area contributed by atoms with Crippen LogP contribution in [0.3, 0.4) is 0 Å². The second kappa shape index (κ2) is 7.78. The van der Waals surface area contributed by atoms with E-state index in [9.17, 15) is 14.7 Å². The number of ether oxygens (including phenoxy) is 1. The van der Waals surface area contributed by atoms with E-state index in [0.717, 1.165) is 45.3 Å². The number of piperidine rings is 1. The SMILES string of the molecule is C[C@@H]1[C@H](C(=O)O)CCCN1C(=O)CCCC1CCOCC1. The second-order valence-corrected chi connectivity index (χ2v) is 6.36. The van der Waals surface area contributed by atoms with Crippen molar-refractivity contribution in [3.05, 3.63) is 0 Å². The zero-order valence-corrected chi connectivity index (χ0v) is 12.9. The van der Waals surface area contributed by atoms with Crippen LogP contribution < -0.4 is 0 Å². The molecule has 0 bridgehead atoms. The molecule has 0 unspecified atom stereocenters. The number of hydrogen-bond acceptors (Lipinski definition) is 3. The molecular weight excluding hydrogens is 270 g/mol. The molecule has 2 aliphatic rings. The van der Waals surface area contributed by atoms with Gasteiger partial charge in [0.1, 0.15) is 0 Å². The normalized spacial score (nSPS) is 27.6. The second-order valence-electron chi connectivity index (χ2n) is 6.36. The summed E-state index contributed by atoms with van der Waals surface area (Å²) in [7, 11) is 0. The van der Waals surface area contributed by atoms with E-state index in [1.807, 2.05) is 6.92 Å². The summed E-state index contributed by atoms with van der Waals surface area (Å²) in [4.78, 5) is 25.3. The van der Waals surface area contributed by atoms with Crippen LogP contribution in [0.5, 0.6) is 0 Å². The minimum Gasteiger partial charge on any atom is -0.481 e. The third-order valence-electron chi connectivity index (χ3n) is 4.97. The predicted octanol–water partition coefficient (Wildman–Crippen LogP) is 2.29. The lowest BCUT2D eigenvalue weighted by molar-refractivity contribution is -0.149. The van der Waals surface area contributed by atoms with Gasteiger partial charge in [-0.3, -0.25) is 9.59 Å². The van der Waals surface area contributed by atoms with E-state index in [0.29, 0.717) is 25.3 Å².